The largest absolute Gasteiger partial charge is 0.496 e. The molecule has 8 nitrogen and oxygen atoms in total. The summed E-state index contributed by atoms with van der Waals surface area (Å²) in [4.78, 5) is 36.4. The number of carbonyl (C=O) groups excluding carboxylic acids is 2. The Morgan fingerprint density at radius 1 is 1.11 bits per heavy atom. The summed E-state index contributed by atoms with van der Waals surface area (Å²) in [6.45, 7) is 2.16. The number of aryl methyl sites for hydroxylation is 1. The first-order chi connectivity index (χ1) is 12.8. The number of esters is 1. The van der Waals surface area contributed by atoms with E-state index in [1.165, 1.54) is 18.1 Å². The Hall–Kier alpha value is -3.42. The smallest absolute Gasteiger partial charge is 0.338 e. The fraction of sp³-hybridized carbons (Fsp3) is 0.263. The maximum absolute atomic E-state index is 12.8. The minimum Gasteiger partial charge on any atom is -0.496 e. The second-order valence-electron chi connectivity index (χ2n) is 5.99. The van der Waals surface area contributed by atoms with Crippen molar-refractivity contribution in [2.24, 2.45) is 0 Å². The van der Waals surface area contributed by atoms with Crippen LogP contribution in [0.25, 0.3) is 0 Å². The number of hydrogen-bond donors (Lipinski definition) is 0. The van der Waals surface area contributed by atoms with Crippen LogP contribution in [0.4, 0.5) is 5.69 Å². The molecule has 0 atom stereocenters. The number of nitro groups is 1. The number of hydrogen-bond acceptors (Lipinski definition) is 6. The van der Waals surface area contributed by atoms with E-state index in [9.17, 15) is 19.7 Å². The molecule has 0 aliphatic heterocycles. The molecule has 0 unspecified atom stereocenters. The summed E-state index contributed by atoms with van der Waals surface area (Å²) in [5.74, 6) is -0.585. The first kappa shape index (κ1) is 19.9. The van der Waals surface area contributed by atoms with Crippen molar-refractivity contribution in [2.75, 3.05) is 21.3 Å². The average Bonchev–Trinajstić information content (AvgIpc) is 2.66. The molecular formula is C19H20N2O6. The molecule has 8 heteroatoms. The molecule has 27 heavy (non-hydrogen) atoms. The van der Waals surface area contributed by atoms with Gasteiger partial charge in [0.25, 0.3) is 11.6 Å². The van der Waals surface area contributed by atoms with E-state index in [2.05, 4.69) is 4.74 Å². The van der Waals surface area contributed by atoms with Gasteiger partial charge in [-0.25, -0.2) is 4.79 Å². The van der Waals surface area contributed by atoms with Crippen LogP contribution in [-0.2, 0) is 11.3 Å². The standard InChI is InChI=1S/C19H20N2O6/c1-12-5-6-17(26-3)15(7-12)11-20(2)18(22)13-8-14(19(23)27-4)10-16(9-13)21(24)25/h5-10H,11H2,1-4H3. The molecule has 0 aromatic heterocycles. The average molecular weight is 372 g/mol. The third kappa shape index (κ3) is 4.60. The predicted molar refractivity (Wildman–Crippen MR) is 98.0 cm³/mol. The monoisotopic (exact) mass is 372 g/mol. The van der Waals surface area contributed by atoms with E-state index in [0.717, 1.165) is 23.3 Å². The van der Waals surface area contributed by atoms with Gasteiger partial charge in [-0.2, -0.15) is 0 Å². The number of nitrogens with zero attached hydrogens (tertiary/aromatic N) is 2. The molecule has 142 valence electrons. The number of ether oxygens (including phenoxy) is 2. The van der Waals surface area contributed by atoms with E-state index < -0.39 is 16.8 Å². The third-order valence-corrected chi connectivity index (χ3v) is 3.99. The number of carbonyl (C=O) groups is 2. The van der Waals surface area contributed by atoms with Crippen molar-refractivity contribution >= 4 is 17.6 Å². The minimum absolute atomic E-state index is 0.0266. The molecule has 1 amide bonds. The number of methoxy groups -OCH3 is 2. The topological polar surface area (TPSA) is 99.0 Å². The van der Waals surface area contributed by atoms with E-state index in [-0.39, 0.29) is 23.4 Å². The summed E-state index contributed by atoms with van der Waals surface area (Å²) < 4.78 is 9.92. The lowest BCUT2D eigenvalue weighted by Gasteiger charge is -2.19. The Bertz CT molecular complexity index is 894. The van der Waals surface area contributed by atoms with Gasteiger partial charge in [-0.1, -0.05) is 17.7 Å². The molecule has 2 aromatic rings. The summed E-state index contributed by atoms with van der Waals surface area (Å²) in [6, 6.07) is 9.10. The predicted octanol–water partition coefficient (Wildman–Crippen LogP) is 2.97. The number of rotatable bonds is 6. The Morgan fingerprint density at radius 3 is 2.37 bits per heavy atom. The first-order valence-electron chi connectivity index (χ1n) is 8.03. The molecule has 0 bridgehead atoms. The highest BCUT2D eigenvalue weighted by Gasteiger charge is 2.21. The molecule has 0 N–H and O–H groups in total. The molecular weight excluding hydrogens is 352 g/mol. The minimum atomic E-state index is -0.754. The van der Waals surface area contributed by atoms with E-state index in [0.29, 0.717) is 5.75 Å². The summed E-state index contributed by atoms with van der Waals surface area (Å²) in [6.07, 6.45) is 0. The zero-order valence-corrected chi connectivity index (χ0v) is 15.5. The van der Waals surface area contributed by atoms with Crippen molar-refractivity contribution < 1.29 is 24.0 Å². The second-order valence-corrected chi connectivity index (χ2v) is 5.99. The molecule has 2 rings (SSSR count). The first-order valence-corrected chi connectivity index (χ1v) is 8.03. The number of amides is 1. The highest BCUT2D eigenvalue weighted by Crippen LogP contribution is 2.23. The third-order valence-electron chi connectivity index (χ3n) is 3.99. The molecule has 0 aliphatic rings. The van der Waals surface area contributed by atoms with Crippen LogP contribution in [0.5, 0.6) is 5.75 Å². The Kier molecular flexibility index (Phi) is 6.12. The summed E-state index contributed by atoms with van der Waals surface area (Å²) >= 11 is 0. The van der Waals surface area contributed by atoms with Gasteiger partial charge in [-0.15, -0.1) is 0 Å². The van der Waals surface area contributed by atoms with Crippen molar-refractivity contribution in [1.29, 1.82) is 0 Å². The molecule has 0 heterocycles. The molecule has 2 aromatic carbocycles. The Balaban J connectivity index is 2.36. The van der Waals surface area contributed by atoms with Crippen LogP contribution >= 0.6 is 0 Å². The van der Waals surface area contributed by atoms with Gasteiger partial charge in [-0.05, 0) is 19.1 Å². The Labute approximate surface area is 156 Å². The van der Waals surface area contributed by atoms with Gasteiger partial charge in [-0.3, -0.25) is 14.9 Å². The molecule has 0 radical (unpaired) electrons. The van der Waals surface area contributed by atoms with E-state index in [1.807, 2.05) is 25.1 Å². The van der Waals surface area contributed by atoms with Crippen molar-refractivity contribution in [2.45, 2.75) is 13.5 Å². The molecule has 0 aliphatic carbocycles. The SMILES string of the molecule is COC(=O)c1cc(C(=O)N(C)Cc2cc(C)ccc2OC)cc([N+](=O)[O-])c1. The quantitative estimate of drug-likeness (QED) is 0.439. The fourth-order valence-corrected chi connectivity index (χ4v) is 2.65. The van der Waals surface area contributed by atoms with Crippen molar-refractivity contribution in [3.8, 4) is 5.75 Å². The highest BCUT2D eigenvalue weighted by atomic mass is 16.6. The fourth-order valence-electron chi connectivity index (χ4n) is 2.65. The van der Waals surface area contributed by atoms with E-state index in [1.54, 1.807) is 14.2 Å². The summed E-state index contributed by atoms with van der Waals surface area (Å²) in [5, 5.41) is 11.1. The maximum Gasteiger partial charge on any atom is 0.338 e. The Morgan fingerprint density at radius 2 is 1.78 bits per heavy atom. The molecule has 0 saturated heterocycles. The van der Waals surface area contributed by atoms with Gasteiger partial charge >= 0.3 is 5.97 Å². The zero-order valence-electron chi connectivity index (χ0n) is 15.5. The van der Waals surface area contributed by atoms with Crippen molar-refractivity contribution in [3.05, 3.63) is 68.8 Å². The molecule has 0 spiro atoms. The van der Waals surface area contributed by atoms with Gasteiger partial charge in [0.15, 0.2) is 0 Å². The zero-order chi connectivity index (χ0) is 20.1. The van der Waals surface area contributed by atoms with Gasteiger partial charge in [0.2, 0.25) is 0 Å². The van der Waals surface area contributed by atoms with Crippen LogP contribution < -0.4 is 4.74 Å². The van der Waals surface area contributed by atoms with E-state index >= 15 is 0 Å². The summed E-state index contributed by atoms with van der Waals surface area (Å²) in [7, 11) is 4.28. The van der Waals surface area contributed by atoms with Crippen LogP contribution in [0.3, 0.4) is 0 Å². The number of benzene rings is 2. The number of nitro benzene ring substituents is 1. The van der Waals surface area contributed by atoms with Crippen LogP contribution in [-0.4, -0.2) is 43.0 Å². The van der Waals surface area contributed by atoms with Gasteiger partial charge in [0.05, 0.1) is 24.7 Å². The molecule has 0 saturated carbocycles. The van der Waals surface area contributed by atoms with Crippen LogP contribution in [0.1, 0.15) is 31.8 Å². The number of non-ortho nitro benzene ring substituents is 1. The van der Waals surface area contributed by atoms with Crippen molar-refractivity contribution in [1.82, 2.24) is 4.90 Å². The van der Waals surface area contributed by atoms with Gasteiger partial charge in [0, 0.05) is 36.9 Å². The molecule has 0 fully saturated rings. The maximum atomic E-state index is 12.8. The normalized spacial score (nSPS) is 10.2. The lowest BCUT2D eigenvalue weighted by Crippen LogP contribution is -2.26. The van der Waals surface area contributed by atoms with Crippen LogP contribution in [0.15, 0.2) is 36.4 Å². The highest BCUT2D eigenvalue weighted by molar-refractivity contribution is 5.98. The van der Waals surface area contributed by atoms with E-state index in [4.69, 9.17) is 4.74 Å². The van der Waals surface area contributed by atoms with Gasteiger partial charge in [0.1, 0.15) is 5.75 Å². The second kappa shape index (κ2) is 8.31. The van der Waals surface area contributed by atoms with Crippen LogP contribution in [0, 0.1) is 17.0 Å². The lowest BCUT2D eigenvalue weighted by atomic mass is 10.1. The summed E-state index contributed by atoms with van der Waals surface area (Å²) in [5.41, 5.74) is 1.42. The van der Waals surface area contributed by atoms with Crippen molar-refractivity contribution in [3.63, 3.8) is 0 Å². The lowest BCUT2D eigenvalue weighted by molar-refractivity contribution is -0.384. The van der Waals surface area contributed by atoms with Gasteiger partial charge < -0.3 is 14.4 Å². The van der Waals surface area contributed by atoms with Crippen LogP contribution in [0.2, 0.25) is 0 Å².